The van der Waals surface area contributed by atoms with Crippen molar-refractivity contribution >= 4 is 5.82 Å². The van der Waals surface area contributed by atoms with E-state index in [9.17, 15) is 0 Å². The molecule has 12 heavy (non-hydrogen) atoms. The van der Waals surface area contributed by atoms with Crippen molar-refractivity contribution in [2.45, 2.75) is 33.2 Å². The lowest BCUT2D eigenvalue weighted by Gasteiger charge is -2.10. The second-order valence-electron chi connectivity index (χ2n) is 3.33. The molecule has 68 valence electrons. The second-order valence-corrected chi connectivity index (χ2v) is 3.33. The smallest absolute Gasteiger partial charge is 0.121 e. The maximum absolute atomic E-state index is 5.69. The highest BCUT2D eigenvalue weighted by molar-refractivity contribution is 5.25. The Morgan fingerprint density at radius 1 is 1.67 bits per heavy atom. The monoisotopic (exact) mass is 167 g/mol. The standard InChI is InChI=1S/C9H17N3/c1-3-4-8(2)7-12-9(10)5-6-11-12/h5-6,8H,3-4,7,10H2,1-2H3. The number of aromatic nitrogens is 2. The highest BCUT2D eigenvalue weighted by atomic mass is 15.3. The first kappa shape index (κ1) is 9.10. The van der Waals surface area contributed by atoms with Crippen molar-refractivity contribution in [3.8, 4) is 0 Å². The van der Waals surface area contributed by atoms with Gasteiger partial charge in [-0.1, -0.05) is 20.3 Å². The first-order valence-corrected chi connectivity index (χ1v) is 4.51. The summed E-state index contributed by atoms with van der Waals surface area (Å²) in [6, 6.07) is 1.83. The molecule has 1 aromatic rings. The SMILES string of the molecule is CCCC(C)Cn1nccc1N. The normalized spacial score (nSPS) is 13.2. The van der Waals surface area contributed by atoms with Gasteiger partial charge in [-0.15, -0.1) is 0 Å². The Labute approximate surface area is 73.6 Å². The van der Waals surface area contributed by atoms with E-state index < -0.39 is 0 Å². The molecule has 0 aliphatic carbocycles. The molecule has 0 saturated heterocycles. The maximum atomic E-state index is 5.69. The molecule has 1 aromatic heterocycles. The van der Waals surface area contributed by atoms with Gasteiger partial charge >= 0.3 is 0 Å². The molecule has 1 heterocycles. The molecule has 3 heteroatoms. The van der Waals surface area contributed by atoms with Crippen molar-refractivity contribution in [2.75, 3.05) is 5.73 Å². The molecule has 1 atom stereocenters. The molecular formula is C9H17N3. The minimum atomic E-state index is 0.664. The van der Waals surface area contributed by atoms with Gasteiger partial charge in [0.2, 0.25) is 0 Å². The van der Waals surface area contributed by atoms with Crippen molar-refractivity contribution in [2.24, 2.45) is 5.92 Å². The minimum Gasteiger partial charge on any atom is -0.384 e. The first-order valence-electron chi connectivity index (χ1n) is 4.51. The van der Waals surface area contributed by atoms with Gasteiger partial charge in [0, 0.05) is 6.54 Å². The van der Waals surface area contributed by atoms with Crippen LogP contribution in [0.1, 0.15) is 26.7 Å². The molecule has 1 rings (SSSR count). The molecule has 2 N–H and O–H groups in total. The Morgan fingerprint density at radius 2 is 2.42 bits per heavy atom. The fourth-order valence-electron chi connectivity index (χ4n) is 1.37. The summed E-state index contributed by atoms with van der Waals surface area (Å²) in [6.07, 6.45) is 4.20. The van der Waals surface area contributed by atoms with Gasteiger partial charge < -0.3 is 5.73 Å². The maximum Gasteiger partial charge on any atom is 0.121 e. The zero-order chi connectivity index (χ0) is 8.97. The fourth-order valence-corrected chi connectivity index (χ4v) is 1.37. The average molecular weight is 167 g/mol. The van der Waals surface area contributed by atoms with Crippen molar-refractivity contribution in [3.63, 3.8) is 0 Å². The van der Waals surface area contributed by atoms with Crippen LogP contribution >= 0.6 is 0 Å². The lowest BCUT2D eigenvalue weighted by Crippen LogP contribution is -2.11. The fraction of sp³-hybridized carbons (Fsp3) is 0.667. The van der Waals surface area contributed by atoms with Crippen molar-refractivity contribution in [1.82, 2.24) is 9.78 Å². The Hall–Kier alpha value is -0.990. The van der Waals surface area contributed by atoms with Gasteiger partial charge in [0.1, 0.15) is 5.82 Å². The lowest BCUT2D eigenvalue weighted by atomic mass is 10.1. The molecule has 0 amide bonds. The summed E-state index contributed by atoms with van der Waals surface area (Å²) < 4.78 is 1.86. The molecular weight excluding hydrogens is 150 g/mol. The second kappa shape index (κ2) is 4.14. The lowest BCUT2D eigenvalue weighted by molar-refractivity contribution is 0.424. The molecule has 1 unspecified atom stereocenters. The first-order chi connectivity index (χ1) is 5.74. The predicted octanol–water partition coefficient (Wildman–Crippen LogP) is 1.90. The number of nitrogens with zero attached hydrogens (tertiary/aromatic N) is 2. The van der Waals surface area contributed by atoms with E-state index in [1.807, 2.05) is 10.7 Å². The molecule has 0 aromatic carbocycles. The zero-order valence-electron chi connectivity index (χ0n) is 7.83. The number of rotatable bonds is 4. The Bertz CT molecular complexity index is 229. The van der Waals surface area contributed by atoms with Gasteiger partial charge in [0.25, 0.3) is 0 Å². The van der Waals surface area contributed by atoms with E-state index in [2.05, 4.69) is 18.9 Å². The van der Waals surface area contributed by atoms with Crippen LogP contribution in [0.5, 0.6) is 0 Å². The Morgan fingerprint density at radius 3 is 2.92 bits per heavy atom. The summed E-state index contributed by atoms with van der Waals surface area (Å²) >= 11 is 0. The summed E-state index contributed by atoms with van der Waals surface area (Å²) in [6.45, 7) is 5.36. The number of anilines is 1. The molecule has 0 saturated carbocycles. The van der Waals surface area contributed by atoms with E-state index >= 15 is 0 Å². The van der Waals surface area contributed by atoms with E-state index in [0.717, 1.165) is 12.4 Å². The van der Waals surface area contributed by atoms with E-state index in [4.69, 9.17) is 5.73 Å². The summed E-state index contributed by atoms with van der Waals surface area (Å²) in [4.78, 5) is 0. The molecule has 0 radical (unpaired) electrons. The van der Waals surface area contributed by atoms with Gasteiger partial charge in [-0.05, 0) is 18.4 Å². The molecule has 0 aliphatic rings. The van der Waals surface area contributed by atoms with Crippen molar-refractivity contribution < 1.29 is 0 Å². The van der Waals surface area contributed by atoms with Gasteiger partial charge in [-0.25, -0.2) is 4.68 Å². The van der Waals surface area contributed by atoms with E-state index in [1.165, 1.54) is 12.8 Å². The molecule has 0 fully saturated rings. The van der Waals surface area contributed by atoms with Gasteiger partial charge in [-0.2, -0.15) is 5.10 Å². The molecule has 3 nitrogen and oxygen atoms in total. The Kier molecular flexibility index (Phi) is 3.14. The van der Waals surface area contributed by atoms with Crippen molar-refractivity contribution in [1.29, 1.82) is 0 Å². The number of hydrogen-bond acceptors (Lipinski definition) is 2. The number of nitrogens with two attached hydrogens (primary N) is 1. The van der Waals surface area contributed by atoms with E-state index in [-0.39, 0.29) is 0 Å². The van der Waals surface area contributed by atoms with Gasteiger partial charge in [0.05, 0.1) is 6.20 Å². The third kappa shape index (κ3) is 2.26. The quantitative estimate of drug-likeness (QED) is 0.744. The Balaban J connectivity index is 2.46. The van der Waals surface area contributed by atoms with Crippen LogP contribution in [0.3, 0.4) is 0 Å². The van der Waals surface area contributed by atoms with Crippen LogP contribution in [0.15, 0.2) is 12.3 Å². The third-order valence-corrected chi connectivity index (χ3v) is 2.02. The van der Waals surface area contributed by atoms with Crippen LogP contribution in [0.4, 0.5) is 5.82 Å². The highest BCUT2D eigenvalue weighted by Gasteiger charge is 2.03. The summed E-state index contributed by atoms with van der Waals surface area (Å²) in [7, 11) is 0. The molecule has 0 bridgehead atoms. The van der Waals surface area contributed by atoms with E-state index in [0.29, 0.717) is 5.92 Å². The van der Waals surface area contributed by atoms with Crippen LogP contribution in [0, 0.1) is 5.92 Å². The topological polar surface area (TPSA) is 43.8 Å². The number of nitrogen functional groups attached to an aromatic ring is 1. The molecule has 0 aliphatic heterocycles. The predicted molar refractivity (Wildman–Crippen MR) is 50.7 cm³/mol. The summed E-state index contributed by atoms with van der Waals surface area (Å²) in [5, 5.41) is 4.13. The zero-order valence-corrected chi connectivity index (χ0v) is 7.83. The number of hydrogen-bond donors (Lipinski definition) is 1. The summed E-state index contributed by atoms with van der Waals surface area (Å²) in [5.41, 5.74) is 5.69. The largest absolute Gasteiger partial charge is 0.384 e. The van der Waals surface area contributed by atoms with Gasteiger partial charge in [-0.3, -0.25) is 0 Å². The van der Waals surface area contributed by atoms with Crippen LogP contribution in [0.2, 0.25) is 0 Å². The van der Waals surface area contributed by atoms with Crippen LogP contribution in [0.25, 0.3) is 0 Å². The third-order valence-electron chi connectivity index (χ3n) is 2.02. The van der Waals surface area contributed by atoms with Crippen LogP contribution in [-0.4, -0.2) is 9.78 Å². The van der Waals surface area contributed by atoms with Gasteiger partial charge in [0.15, 0.2) is 0 Å². The summed E-state index contributed by atoms with van der Waals surface area (Å²) in [5.74, 6) is 1.43. The van der Waals surface area contributed by atoms with Crippen LogP contribution in [-0.2, 0) is 6.54 Å². The van der Waals surface area contributed by atoms with Crippen molar-refractivity contribution in [3.05, 3.63) is 12.3 Å². The average Bonchev–Trinajstić information content (AvgIpc) is 2.37. The highest BCUT2D eigenvalue weighted by Crippen LogP contribution is 2.10. The minimum absolute atomic E-state index is 0.664. The van der Waals surface area contributed by atoms with Crippen LogP contribution < -0.4 is 5.73 Å². The van der Waals surface area contributed by atoms with E-state index in [1.54, 1.807) is 6.20 Å². The molecule has 0 spiro atoms.